The monoisotopic (exact) mass is 296 g/mol. The fourth-order valence-corrected chi connectivity index (χ4v) is 1.66. The molecule has 8 heteroatoms. The summed E-state index contributed by atoms with van der Waals surface area (Å²) in [6, 6.07) is 5.41. The Morgan fingerprint density at radius 3 is 2.48 bits per heavy atom. The Labute approximate surface area is 117 Å². The summed E-state index contributed by atoms with van der Waals surface area (Å²) in [5.74, 6) is -1.47. The normalized spacial score (nSPS) is 10.7. The van der Waals surface area contributed by atoms with Gasteiger partial charge in [0.15, 0.2) is 0 Å². The lowest BCUT2D eigenvalue weighted by Crippen LogP contribution is -2.23. The number of aryl methyl sites for hydroxylation is 1. The van der Waals surface area contributed by atoms with Gasteiger partial charge >= 0.3 is 12.6 Å². The Balaban J connectivity index is 2.42. The van der Waals surface area contributed by atoms with Crippen LogP contribution in [0.15, 0.2) is 35.3 Å². The second-order valence-electron chi connectivity index (χ2n) is 4.11. The minimum Gasteiger partial charge on any atom is -0.476 e. The average molecular weight is 296 g/mol. The number of carboxylic acids is 1. The first kappa shape index (κ1) is 14.6. The second-order valence-corrected chi connectivity index (χ2v) is 4.11. The molecule has 1 N–H and O–H groups in total. The van der Waals surface area contributed by atoms with Crippen LogP contribution in [-0.4, -0.2) is 27.5 Å². The molecule has 0 amide bonds. The number of carboxylic acid groups (broad SMARTS) is 1. The van der Waals surface area contributed by atoms with Crippen LogP contribution in [0.1, 0.15) is 16.1 Å². The van der Waals surface area contributed by atoms with Gasteiger partial charge in [-0.05, 0) is 31.2 Å². The van der Waals surface area contributed by atoms with Crippen LogP contribution in [-0.2, 0) is 0 Å². The van der Waals surface area contributed by atoms with Crippen LogP contribution in [0, 0.1) is 6.92 Å². The highest BCUT2D eigenvalue weighted by atomic mass is 19.3. The number of halogens is 2. The lowest BCUT2D eigenvalue weighted by molar-refractivity contribution is -0.0498. The van der Waals surface area contributed by atoms with Gasteiger partial charge in [0.05, 0.1) is 5.69 Å². The third kappa shape index (κ3) is 3.22. The molecule has 0 bridgehead atoms. The molecule has 0 unspecified atom stereocenters. The number of alkyl halides is 2. The third-order valence-electron chi connectivity index (χ3n) is 2.63. The molecule has 0 radical (unpaired) electrons. The van der Waals surface area contributed by atoms with E-state index in [9.17, 15) is 18.4 Å². The maximum atomic E-state index is 12.0. The molecular weight excluding hydrogens is 286 g/mol. The van der Waals surface area contributed by atoms with Crippen LogP contribution in [0.5, 0.6) is 5.75 Å². The minimum atomic E-state index is -2.93. The van der Waals surface area contributed by atoms with Crippen molar-refractivity contribution in [2.75, 3.05) is 0 Å². The van der Waals surface area contributed by atoms with E-state index in [1.807, 2.05) is 0 Å². The van der Waals surface area contributed by atoms with E-state index in [1.165, 1.54) is 42.1 Å². The lowest BCUT2D eigenvalue weighted by atomic mass is 10.2. The maximum Gasteiger partial charge on any atom is 0.387 e. The summed E-state index contributed by atoms with van der Waals surface area (Å²) in [6.07, 6.45) is 1.36. The molecule has 2 rings (SSSR count). The molecule has 0 saturated carbocycles. The molecule has 0 spiro atoms. The van der Waals surface area contributed by atoms with Crippen LogP contribution in [0.25, 0.3) is 5.69 Å². The molecule has 1 heterocycles. The van der Waals surface area contributed by atoms with E-state index >= 15 is 0 Å². The highest BCUT2D eigenvalue weighted by Crippen LogP contribution is 2.16. The predicted octanol–water partition coefficient (Wildman–Crippen LogP) is 1.84. The fourth-order valence-electron chi connectivity index (χ4n) is 1.66. The SMILES string of the molecule is Cc1cn(-c2ccc(OC(F)F)cc2)nc(C(=O)O)c1=O. The number of nitrogens with zero attached hydrogens (tertiary/aromatic N) is 2. The molecule has 0 saturated heterocycles. The number of benzene rings is 1. The largest absolute Gasteiger partial charge is 0.476 e. The van der Waals surface area contributed by atoms with E-state index in [1.54, 1.807) is 0 Å². The van der Waals surface area contributed by atoms with Crippen molar-refractivity contribution in [1.82, 2.24) is 9.78 Å². The first-order valence-electron chi connectivity index (χ1n) is 5.77. The number of ether oxygens (including phenoxy) is 1. The number of hydrogen-bond donors (Lipinski definition) is 1. The number of hydrogen-bond acceptors (Lipinski definition) is 4. The van der Waals surface area contributed by atoms with E-state index in [2.05, 4.69) is 9.84 Å². The Bertz CT molecular complexity index is 726. The number of rotatable bonds is 4. The van der Waals surface area contributed by atoms with E-state index < -0.39 is 23.7 Å². The molecule has 2 aromatic rings. The first-order valence-corrected chi connectivity index (χ1v) is 5.77. The molecule has 0 aliphatic carbocycles. The van der Waals surface area contributed by atoms with Gasteiger partial charge in [-0.3, -0.25) is 4.79 Å². The van der Waals surface area contributed by atoms with Crippen molar-refractivity contribution in [3.8, 4) is 11.4 Å². The van der Waals surface area contributed by atoms with Crippen LogP contribution in [0.2, 0.25) is 0 Å². The van der Waals surface area contributed by atoms with E-state index in [-0.39, 0.29) is 11.3 Å². The molecule has 21 heavy (non-hydrogen) atoms. The lowest BCUT2D eigenvalue weighted by Gasteiger charge is -2.09. The molecule has 0 fully saturated rings. The van der Waals surface area contributed by atoms with Gasteiger partial charge in [0.2, 0.25) is 11.1 Å². The number of aromatic nitrogens is 2. The van der Waals surface area contributed by atoms with Gasteiger partial charge in [-0.1, -0.05) is 0 Å². The second kappa shape index (κ2) is 5.70. The van der Waals surface area contributed by atoms with E-state index in [4.69, 9.17) is 5.11 Å². The summed E-state index contributed by atoms with van der Waals surface area (Å²) >= 11 is 0. The first-order chi connectivity index (χ1) is 9.88. The molecule has 0 aliphatic rings. The zero-order valence-corrected chi connectivity index (χ0v) is 10.8. The molecule has 6 nitrogen and oxygen atoms in total. The van der Waals surface area contributed by atoms with E-state index in [0.29, 0.717) is 5.69 Å². The van der Waals surface area contributed by atoms with Crippen LogP contribution < -0.4 is 10.2 Å². The highest BCUT2D eigenvalue weighted by molar-refractivity contribution is 5.85. The topological polar surface area (TPSA) is 81.4 Å². The standard InChI is InChI=1S/C13H10F2N2O4/c1-7-6-17(16-10(11(7)18)12(19)20)8-2-4-9(5-3-8)21-13(14)15/h2-6,13H,1H3,(H,19,20). The zero-order chi connectivity index (χ0) is 15.6. The van der Waals surface area contributed by atoms with Gasteiger partial charge < -0.3 is 9.84 Å². The van der Waals surface area contributed by atoms with Gasteiger partial charge in [-0.15, -0.1) is 0 Å². The summed E-state index contributed by atoms with van der Waals surface area (Å²) in [6.45, 7) is -1.47. The van der Waals surface area contributed by atoms with Crippen molar-refractivity contribution >= 4 is 5.97 Å². The number of aromatic carboxylic acids is 1. The van der Waals surface area contributed by atoms with Gasteiger partial charge in [-0.2, -0.15) is 13.9 Å². The molecule has 110 valence electrons. The Morgan fingerprint density at radius 1 is 1.33 bits per heavy atom. The minimum absolute atomic E-state index is 0.0371. The summed E-state index contributed by atoms with van der Waals surface area (Å²) in [5, 5.41) is 12.6. The molecule has 1 aromatic carbocycles. The summed E-state index contributed by atoms with van der Waals surface area (Å²) in [4.78, 5) is 22.6. The number of carbonyl (C=O) groups is 1. The zero-order valence-electron chi connectivity index (χ0n) is 10.8. The average Bonchev–Trinajstić information content (AvgIpc) is 2.41. The van der Waals surface area contributed by atoms with Crippen molar-refractivity contribution in [3.63, 3.8) is 0 Å². The van der Waals surface area contributed by atoms with Crippen LogP contribution in [0.4, 0.5) is 8.78 Å². The quantitative estimate of drug-likeness (QED) is 0.931. The Hall–Kier alpha value is -2.77. The Morgan fingerprint density at radius 2 is 1.95 bits per heavy atom. The van der Waals surface area contributed by atoms with Gasteiger partial charge in [-0.25, -0.2) is 9.48 Å². The third-order valence-corrected chi connectivity index (χ3v) is 2.63. The predicted molar refractivity (Wildman–Crippen MR) is 68.2 cm³/mol. The highest BCUT2D eigenvalue weighted by Gasteiger charge is 2.14. The smallest absolute Gasteiger partial charge is 0.387 e. The molecule has 0 aliphatic heterocycles. The summed E-state index contributed by atoms with van der Waals surface area (Å²) < 4.78 is 29.5. The molecule has 0 atom stereocenters. The Kier molecular flexibility index (Phi) is 3.97. The van der Waals surface area contributed by atoms with Crippen molar-refractivity contribution in [3.05, 3.63) is 51.9 Å². The van der Waals surface area contributed by atoms with Crippen molar-refractivity contribution in [2.24, 2.45) is 0 Å². The van der Waals surface area contributed by atoms with Crippen LogP contribution in [0.3, 0.4) is 0 Å². The van der Waals surface area contributed by atoms with Gasteiger partial charge in [0, 0.05) is 11.8 Å². The van der Waals surface area contributed by atoms with Crippen molar-refractivity contribution in [1.29, 1.82) is 0 Å². The fraction of sp³-hybridized carbons (Fsp3) is 0.154. The van der Waals surface area contributed by atoms with E-state index in [0.717, 1.165) is 0 Å². The maximum absolute atomic E-state index is 12.0. The summed E-state index contributed by atoms with van der Waals surface area (Å²) in [5.41, 5.74) is -0.670. The van der Waals surface area contributed by atoms with Crippen molar-refractivity contribution < 1.29 is 23.4 Å². The molecule has 1 aromatic heterocycles. The van der Waals surface area contributed by atoms with Gasteiger partial charge in [0.25, 0.3) is 0 Å². The van der Waals surface area contributed by atoms with Crippen LogP contribution >= 0.6 is 0 Å². The molecular formula is C13H10F2N2O4. The summed E-state index contributed by atoms with van der Waals surface area (Å²) in [7, 11) is 0. The van der Waals surface area contributed by atoms with Gasteiger partial charge in [0.1, 0.15) is 5.75 Å². The van der Waals surface area contributed by atoms with Crippen molar-refractivity contribution in [2.45, 2.75) is 13.5 Å².